The molecule has 0 radical (unpaired) electrons. The third kappa shape index (κ3) is 1.54. The largest absolute Gasteiger partial charge is 0.481 e. The molecule has 0 saturated heterocycles. The number of rotatable bonds is 1. The summed E-state index contributed by atoms with van der Waals surface area (Å²) in [5.41, 5.74) is 3.00. The summed E-state index contributed by atoms with van der Waals surface area (Å²) in [6.45, 7) is 1.99. The van der Waals surface area contributed by atoms with E-state index in [1.807, 2.05) is 31.2 Å². The number of hydrogen-bond donors (Lipinski definition) is 1. The van der Waals surface area contributed by atoms with Gasteiger partial charge in [0, 0.05) is 11.5 Å². The Hall–Kier alpha value is -2.36. The Morgan fingerprint density at radius 2 is 2.00 bits per heavy atom. The highest BCUT2D eigenvalue weighted by Gasteiger charge is 2.07. The third-order valence-electron chi connectivity index (χ3n) is 2.98. The number of aryl methyl sites for hydroxylation is 1. The lowest BCUT2D eigenvalue weighted by molar-refractivity contribution is 0.399. The first kappa shape index (κ1) is 10.8. The Balaban J connectivity index is 2.48. The molecule has 2 aromatic heterocycles. The molecule has 1 N–H and O–H groups in total. The van der Waals surface area contributed by atoms with Crippen LogP contribution < -0.4 is 10.2 Å². The highest BCUT2D eigenvalue weighted by atomic mass is 16.5. The summed E-state index contributed by atoms with van der Waals surface area (Å²) in [5, 5.41) is 0.647. The van der Waals surface area contributed by atoms with E-state index in [4.69, 9.17) is 4.74 Å². The van der Waals surface area contributed by atoms with Crippen molar-refractivity contribution in [2.75, 3.05) is 7.11 Å². The third-order valence-corrected chi connectivity index (χ3v) is 2.98. The van der Waals surface area contributed by atoms with E-state index in [1.165, 1.54) is 7.11 Å². The number of ether oxygens (including phenoxy) is 1. The van der Waals surface area contributed by atoms with E-state index in [2.05, 4.69) is 9.97 Å². The molecule has 90 valence electrons. The van der Waals surface area contributed by atoms with Gasteiger partial charge >= 0.3 is 0 Å². The number of fused-ring (bicyclic) bond motifs is 2. The van der Waals surface area contributed by atoms with Crippen molar-refractivity contribution in [1.29, 1.82) is 0 Å². The fraction of sp³-hybridized carbons (Fsp3) is 0.143. The summed E-state index contributed by atoms with van der Waals surface area (Å²) in [6, 6.07) is 9.25. The summed E-state index contributed by atoms with van der Waals surface area (Å²) >= 11 is 0. The average molecular weight is 240 g/mol. The van der Waals surface area contributed by atoms with Gasteiger partial charge in [-0.15, -0.1) is 0 Å². The van der Waals surface area contributed by atoms with Gasteiger partial charge in [0.2, 0.25) is 11.3 Å². The second kappa shape index (κ2) is 3.84. The van der Waals surface area contributed by atoms with Crippen molar-refractivity contribution in [1.82, 2.24) is 9.97 Å². The van der Waals surface area contributed by atoms with Crippen molar-refractivity contribution in [2.45, 2.75) is 6.92 Å². The normalized spacial score (nSPS) is 11.0. The average Bonchev–Trinajstić information content (AvgIpc) is 2.38. The van der Waals surface area contributed by atoms with Crippen molar-refractivity contribution in [2.24, 2.45) is 0 Å². The lowest BCUT2D eigenvalue weighted by Gasteiger charge is -2.04. The second-order valence-electron chi connectivity index (χ2n) is 4.25. The van der Waals surface area contributed by atoms with Crippen molar-refractivity contribution >= 4 is 21.9 Å². The summed E-state index contributed by atoms with van der Waals surface area (Å²) in [5.74, 6) is 0.444. The molecule has 0 amide bonds. The molecule has 4 nitrogen and oxygen atoms in total. The first-order valence-electron chi connectivity index (χ1n) is 5.66. The van der Waals surface area contributed by atoms with Gasteiger partial charge in [0.15, 0.2) is 0 Å². The first-order valence-corrected chi connectivity index (χ1v) is 5.66. The maximum atomic E-state index is 12.3. The lowest BCUT2D eigenvalue weighted by Crippen LogP contribution is -2.06. The SMILES string of the molecule is COc1ccc2[nH]c3cc(C)ccc3c(=O)c2n1. The molecule has 0 aliphatic heterocycles. The molecule has 0 spiro atoms. The van der Waals surface area contributed by atoms with Gasteiger partial charge in [-0.3, -0.25) is 4.79 Å². The predicted molar refractivity (Wildman–Crippen MR) is 71.2 cm³/mol. The smallest absolute Gasteiger partial charge is 0.215 e. The van der Waals surface area contributed by atoms with Crippen LogP contribution in [0, 0.1) is 6.92 Å². The van der Waals surface area contributed by atoms with Gasteiger partial charge in [0.25, 0.3) is 0 Å². The molecular weight excluding hydrogens is 228 g/mol. The van der Waals surface area contributed by atoms with Crippen LogP contribution in [0.15, 0.2) is 35.1 Å². The van der Waals surface area contributed by atoms with Crippen LogP contribution in [-0.4, -0.2) is 17.1 Å². The Bertz CT molecular complexity index is 806. The van der Waals surface area contributed by atoms with Gasteiger partial charge in [0.1, 0.15) is 5.52 Å². The topological polar surface area (TPSA) is 55.0 Å². The minimum atomic E-state index is -0.0716. The molecule has 18 heavy (non-hydrogen) atoms. The molecule has 4 heteroatoms. The summed E-state index contributed by atoms with van der Waals surface area (Å²) in [7, 11) is 1.53. The van der Waals surface area contributed by atoms with Gasteiger partial charge in [0.05, 0.1) is 18.1 Å². The van der Waals surface area contributed by atoms with Gasteiger partial charge < -0.3 is 9.72 Å². The molecule has 3 aromatic rings. The maximum Gasteiger partial charge on any atom is 0.215 e. The summed E-state index contributed by atoms with van der Waals surface area (Å²) in [6.07, 6.45) is 0. The number of aromatic nitrogens is 2. The summed E-state index contributed by atoms with van der Waals surface area (Å²) in [4.78, 5) is 19.8. The zero-order valence-corrected chi connectivity index (χ0v) is 10.2. The monoisotopic (exact) mass is 240 g/mol. The number of nitrogens with one attached hydrogen (secondary N) is 1. The maximum absolute atomic E-state index is 12.3. The Morgan fingerprint density at radius 1 is 1.17 bits per heavy atom. The van der Waals surface area contributed by atoms with E-state index in [-0.39, 0.29) is 5.43 Å². The van der Waals surface area contributed by atoms with E-state index in [0.717, 1.165) is 16.6 Å². The summed E-state index contributed by atoms with van der Waals surface area (Å²) < 4.78 is 5.04. The number of nitrogens with zero attached hydrogens (tertiary/aromatic N) is 1. The van der Waals surface area contributed by atoms with E-state index in [1.54, 1.807) is 6.07 Å². The second-order valence-corrected chi connectivity index (χ2v) is 4.25. The van der Waals surface area contributed by atoms with E-state index in [0.29, 0.717) is 16.8 Å². The molecule has 0 saturated carbocycles. The Labute approximate surface area is 103 Å². The number of H-pyrrole nitrogens is 1. The molecule has 0 fully saturated rings. The minimum absolute atomic E-state index is 0.0716. The van der Waals surface area contributed by atoms with Crippen LogP contribution in [0.25, 0.3) is 21.9 Å². The van der Waals surface area contributed by atoms with Crippen molar-refractivity contribution in [3.63, 3.8) is 0 Å². The molecule has 3 rings (SSSR count). The number of benzene rings is 1. The molecule has 0 aliphatic carbocycles. The van der Waals surface area contributed by atoms with Gasteiger partial charge in [-0.1, -0.05) is 6.07 Å². The highest BCUT2D eigenvalue weighted by molar-refractivity contribution is 5.90. The quantitative estimate of drug-likeness (QED) is 0.664. The van der Waals surface area contributed by atoms with Crippen molar-refractivity contribution in [3.8, 4) is 5.88 Å². The van der Waals surface area contributed by atoms with E-state index in [9.17, 15) is 4.79 Å². The molecule has 0 unspecified atom stereocenters. The highest BCUT2D eigenvalue weighted by Crippen LogP contribution is 2.17. The lowest BCUT2D eigenvalue weighted by atomic mass is 10.1. The zero-order chi connectivity index (χ0) is 12.7. The van der Waals surface area contributed by atoms with Crippen LogP contribution in [0.1, 0.15) is 5.56 Å². The number of methoxy groups -OCH3 is 1. The van der Waals surface area contributed by atoms with Crippen molar-refractivity contribution in [3.05, 3.63) is 46.1 Å². The molecule has 0 atom stereocenters. The predicted octanol–water partition coefficient (Wildman–Crippen LogP) is 2.39. The van der Waals surface area contributed by atoms with Crippen LogP contribution in [0.2, 0.25) is 0 Å². The van der Waals surface area contributed by atoms with Crippen LogP contribution in [-0.2, 0) is 0 Å². The Kier molecular flexibility index (Phi) is 2.30. The standard InChI is InChI=1S/C14H12N2O2/c1-8-3-4-9-11(7-8)15-10-5-6-12(18-2)16-13(10)14(9)17/h3-7H,1-2H3,(H,15,17). The van der Waals surface area contributed by atoms with Gasteiger partial charge in [-0.25, -0.2) is 4.98 Å². The fourth-order valence-corrected chi connectivity index (χ4v) is 2.06. The molecular formula is C14H12N2O2. The molecule has 2 heterocycles. The number of hydrogen-bond acceptors (Lipinski definition) is 3. The number of pyridine rings is 2. The number of aromatic amines is 1. The molecule has 0 bridgehead atoms. The van der Waals surface area contributed by atoms with Crippen LogP contribution in [0.3, 0.4) is 0 Å². The van der Waals surface area contributed by atoms with Crippen LogP contribution in [0.4, 0.5) is 0 Å². The molecule has 1 aromatic carbocycles. The van der Waals surface area contributed by atoms with E-state index < -0.39 is 0 Å². The Morgan fingerprint density at radius 3 is 2.78 bits per heavy atom. The van der Waals surface area contributed by atoms with Gasteiger partial charge in [-0.05, 0) is 30.7 Å². The first-order chi connectivity index (χ1) is 8.69. The van der Waals surface area contributed by atoms with Gasteiger partial charge in [-0.2, -0.15) is 0 Å². The molecule has 0 aliphatic rings. The van der Waals surface area contributed by atoms with Crippen LogP contribution in [0.5, 0.6) is 5.88 Å². The van der Waals surface area contributed by atoms with Crippen LogP contribution >= 0.6 is 0 Å². The minimum Gasteiger partial charge on any atom is -0.481 e. The zero-order valence-electron chi connectivity index (χ0n) is 10.2. The van der Waals surface area contributed by atoms with Crippen molar-refractivity contribution < 1.29 is 4.74 Å². The fourth-order valence-electron chi connectivity index (χ4n) is 2.06. The van der Waals surface area contributed by atoms with E-state index >= 15 is 0 Å².